The average molecular weight is 489 g/mol. The van der Waals surface area contributed by atoms with E-state index in [9.17, 15) is 0 Å². The highest BCUT2D eigenvalue weighted by molar-refractivity contribution is 7.98. The molecule has 10 heteroatoms. The third-order valence-electron chi connectivity index (χ3n) is 5.14. The molecule has 0 fully saturated rings. The Hall–Kier alpha value is -3.92. The predicted molar refractivity (Wildman–Crippen MR) is 139 cm³/mol. The third-order valence-corrected chi connectivity index (χ3v) is 6.10. The molecule has 180 valence electrons. The van der Waals surface area contributed by atoms with Crippen molar-refractivity contribution in [3.05, 3.63) is 84.0 Å². The summed E-state index contributed by atoms with van der Waals surface area (Å²) in [5, 5.41) is 12.6. The van der Waals surface area contributed by atoms with Crippen LogP contribution in [-0.4, -0.2) is 29.7 Å². The van der Waals surface area contributed by atoms with Crippen molar-refractivity contribution in [2.45, 2.75) is 44.3 Å². The van der Waals surface area contributed by atoms with Crippen molar-refractivity contribution in [2.24, 2.45) is 0 Å². The maximum Gasteiger partial charge on any atom is 0.232 e. The summed E-state index contributed by atoms with van der Waals surface area (Å²) in [6.07, 6.45) is 2.69. The fraction of sp³-hybridized carbons (Fsp3) is 0.240. The van der Waals surface area contributed by atoms with Crippen LogP contribution in [0.2, 0.25) is 0 Å². The molecule has 0 unspecified atom stereocenters. The van der Waals surface area contributed by atoms with Gasteiger partial charge < -0.3 is 15.8 Å². The van der Waals surface area contributed by atoms with Gasteiger partial charge in [-0.05, 0) is 42.7 Å². The monoisotopic (exact) mass is 488 g/mol. The lowest BCUT2D eigenvalue weighted by atomic mass is 10.1. The molecule has 3 N–H and O–H groups in total. The van der Waals surface area contributed by atoms with Crippen molar-refractivity contribution >= 4 is 29.3 Å². The second-order valence-corrected chi connectivity index (χ2v) is 8.70. The summed E-state index contributed by atoms with van der Waals surface area (Å²) in [6, 6.07) is 15.9. The van der Waals surface area contributed by atoms with Crippen molar-refractivity contribution in [1.82, 2.24) is 29.7 Å². The minimum atomic E-state index is 0.159. The second-order valence-electron chi connectivity index (χ2n) is 7.76. The molecular weight excluding hydrogens is 460 g/mol. The summed E-state index contributed by atoms with van der Waals surface area (Å²) in [5.41, 5.74) is 9.21. The van der Waals surface area contributed by atoms with E-state index in [0.29, 0.717) is 36.5 Å². The van der Waals surface area contributed by atoms with Gasteiger partial charge in [0.25, 0.3) is 0 Å². The van der Waals surface area contributed by atoms with Crippen molar-refractivity contribution < 1.29 is 4.74 Å². The maximum atomic E-state index is 5.97. The average Bonchev–Trinajstić information content (AvgIpc) is 3.23. The summed E-state index contributed by atoms with van der Waals surface area (Å²) < 4.78 is 7.89. The molecule has 0 spiro atoms. The first-order valence-electron chi connectivity index (χ1n) is 11.3. The first-order chi connectivity index (χ1) is 17.1. The van der Waals surface area contributed by atoms with Gasteiger partial charge in [0, 0.05) is 12.2 Å². The van der Waals surface area contributed by atoms with Gasteiger partial charge in [-0.1, -0.05) is 55.1 Å². The Labute approximate surface area is 208 Å². The van der Waals surface area contributed by atoms with Gasteiger partial charge in [-0.3, -0.25) is 4.57 Å². The molecule has 0 aliphatic carbocycles. The fourth-order valence-electron chi connectivity index (χ4n) is 3.46. The smallest absolute Gasteiger partial charge is 0.232 e. The van der Waals surface area contributed by atoms with Gasteiger partial charge in [0.05, 0.1) is 5.75 Å². The van der Waals surface area contributed by atoms with E-state index in [1.807, 2.05) is 54.0 Å². The number of aromatic nitrogens is 6. The first-order valence-corrected chi connectivity index (χ1v) is 12.2. The molecule has 0 atom stereocenters. The lowest BCUT2D eigenvalue weighted by Gasteiger charge is -2.11. The first kappa shape index (κ1) is 24.2. The van der Waals surface area contributed by atoms with Crippen LogP contribution in [-0.2, 0) is 25.3 Å². The number of thioether (sulfide) groups is 1. The number of nitrogens with zero attached hydrogens (tertiary/aromatic N) is 6. The molecule has 0 aliphatic heterocycles. The number of nitrogens with two attached hydrogens (primary N) is 1. The quantitative estimate of drug-likeness (QED) is 0.228. The van der Waals surface area contributed by atoms with Crippen LogP contribution < -0.4 is 15.8 Å². The number of hydrogen-bond acceptors (Lipinski definition) is 9. The molecule has 0 saturated carbocycles. The summed E-state index contributed by atoms with van der Waals surface area (Å²) in [5.74, 6) is 3.07. The van der Waals surface area contributed by atoms with E-state index < -0.39 is 0 Å². The van der Waals surface area contributed by atoms with E-state index in [-0.39, 0.29) is 5.95 Å². The van der Waals surface area contributed by atoms with Gasteiger partial charge in [-0.15, -0.1) is 16.8 Å². The van der Waals surface area contributed by atoms with Crippen LogP contribution in [0.25, 0.3) is 0 Å². The van der Waals surface area contributed by atoms with E-state index in [1.165, 1.54) is 17.3 Å². The van der Waals surface area contributed by atoms with Crippen LogP contribution >= 0.6 is 11.8 Å². The highest BCUT2D eigenvalue weighted by Gasteiger charge is 2.14. The standard InChI is InChI=1S/C25H28N8OS/c1-4-13-33-22(15-34-19-11-8-9-17(3)14-19)31-32-25(33)35-16-21-28-23(26)30-24(29-21)27-20-12-7-6-10-18(20)5-2/h4,6-12,14H,1,5,13,15-16H2,2-3H3,(H3,26,27,28,29,30). The molecular formula is C25H28N8OS. The zero-order valence-electron chi connectivity index (χ0n) is 19.8. The number of hydrogen-bond donors (Lipinski definition) is 2. The molecule has 0 radical (unpaired) electrons. The second kappa shape index (κ2) is 11.5. The van der Waals surface area contributed by atoms with Crippen LogP contribution in [0.3, 0.4) is 0 Å². The van der Waals surface area contributed by atoms with Gasteiger partial charge in [-0.25, -0.2) is 0 Å². The lowest BCUT2D eigenvalue weighted by molar-refractivity contribution is 0.289. The molecule has 0 aliphatic rings. The number of aryl methyl sites for hydroxylation is 2. The van der Waals surface area contributed by atoms with E-state index >= 15 is 0 Å². The highest BCUT2D eigenvalue weighted by Crippen LogP contribution is 2.24. The summed E-state index contributed by atoms with van der Waals surface area (Å²) >= 11 is 1.47. The number of allylic oxidation sites excluding steroid dienone is 1. The molecule has 4 aromatic rings. The van der Waals surface area contributed by atoms with Gasteiger partial charge >= 0.3 is 0 Å². The zero-order valence-corrected chi connectivity index (χ0v) is 20.6. The van der Waals surface area contributed by atoms with E-state index in [4.69, 9.17) is 10.5 Å². The van der Waals surface area contributed by atoms with Crippen molar-refractivity contribution in [2.75, 3.05) is 11.1 Å². The molecule has 0 amide bonds. The Balaban J connectivity index is 1.46. The molecule has 0 bridgehead atoms. The SMILES string of the molecule is C=CCn1c(COc2cccc(C)c2)nnc1SCc1nc(N)nc(Nc2ccccc2CC)n1. The zero-order chi connectivity index (χ0) is 24.6. The number of ether oxygens (including phenoxy) is 1. The van der Waals surface area contributed by atoms with Crippen LogP contribution in [0.4, 0.5) is 17.6 Å². The van der Waals surface area contributed by atoms with E-state index in [1.54, 1.807) is 6.08 Å². The number of nitrogens with one attached hydrogen (secondary N) is 1. The van der Waals surface area contributed by atoms with Crippen molar-refractivity contribution in [3.8, 4) is 5.75 Å². The number of benzene rings is 2. The highest BCUT2D eigenvalue weighted by atomic mass is 32.2. The molecule has 0 saturated heterocycles. The number of anilines is 3. The van der Waals surface area contributed by atoms with Crippen LogP contribution in [0, 0.1) is 6.92 Å². The van der Waals surface area contributed by atoms with Crippen LogP contribution in [0.15, 0.2) is 66.3 Å². The fourth-order valence-corrected chi connectivity index (χ4v) is 4.28. The lowest BCUT2D eigenvalue weighted by Crippen LogP contribution is -2.09. The van der Waals surface area contributed by atoms with Gasteiger partial charge in [-0.2, -0.15) is 15.0 Å². The molecule has 9 nitrogen and oxygen atoms in total. The summed E-state index contributed by atoms with van der Waals surface area (Å²) in [4.78, 5) is 13.1. The minimum Gasteiger partial charge on any atom is -0.486 e. The van der Waals surface area contributed by atoms with Gasteiger partial charge in [0.15, 0.2) is 11.0 Å². The normalized spacial score (nSPS) is 10.8. The topological polar surface area (TPSA) is 117 Å². The number of para-hydroxylation sites is 1. The largest absolute Gasteiger partial charge is 0.486 e. The van der Waals surface area contributed by atoms with Crippen molar-refractivity contribution in [3.63, 3.8) is 0 Å². The molecule has 2 aromatic heterocycles. The Kier molecular flexibility index (Phi) is 7.94. The van der Waals surface area contributed by atoms with E-state index in [0.717, 1.165) is 28.6 Å². The molecule has 2 heterocycles. The maximum absolute atomic E-state index is 5.97. The molecule has 4 rings (SSSR count). The Morgan fingerprint density at radius 3 is 2.77 bits per heavy atom. The Bertz CT molecular complexity index is 1310. The van der Waals surface area contributed by atoms with Crippen molar-refractivity contribution in [1.29, 1.82) is 0 Å². The van der Waals surface area contributed by atoms with Gasteiger partial charge in [0.2, 0.25) is 11.9 Å². The molecule has 35 heavy (non-hydrogen) atoms. The van der Waals surface area contributed by atoms with Crippen LogP contribution in [0.5, 0.6) is 5.75 Å². The summed E-state index contributed by atoms with van der Waals surface area (Å²) in [7, 11) is 0. The summed E-state index contributed by atoms with van der Waals surface area (Å²) in [6.45, 7) is 8.84. The minimum absolute atomic E-state index is 0.159. The molecule has 2 aromatic carbocycles. The van der Waals surface area contributed by atoms with Gasteiger partial charge in [0.1, 0.15) is 18.2 Å². The number of nitrogen functional groups attached to an aromatic ring is 1. The Morgan fingerprint density at radius 2 is 1.97 bits per heavy atom. The van der Waals surface area contributed by atoms with Crippen LogP contribution in [0.1, 0.15) is 29.7 Å². The number of rotatable bonds is 11. The van der Waals surface area contributed by atoms with E-state index in [2.05, 4.69) is 50.0 Å². The Morgan fingerprint density at radius 1 is 1.11 bits per heavy atom. The third kappa shape index (κ3) is 6.36. The predicted octanol–water partition coefficient (Wildman–Crippen LogP) is 4.72.